The molecule has 2 heterocycles. The number of unbranched alkanes of at least 4 members (excludes halogenated alkanes) is 3. The van der Waals surface area contributed by atoms with Crippen LogP contribution in [0.1, 0.15) is 43.0 Å². The Bertz CT molecular complexity index is 577. The fraction of sp³-hybridized carbons (Fsp3) is 0.400. The van der Waals surface area contributed by atoms with Crippen LogP contribution < -0.4 is 0 Å². The van der Waals surface area contributed by atoms with Gasteiger partial charge in [-0.1, -0.05) is 26.2 Å². The summed E-state index contributed by atoms with van der Waals surface area (Å²) in [7, 11) is 0. The summed E-state index contributed by atoms with van der Waals surface area (Å²) in [5.74, 6) is 0. The molecule has 100 valence electrons. The van der Waals surface area contributed by atoms with E-state index in [0.29, 0.717) is 0 Å². The van der Waals surface area contributed by atoms with Crippen molar-refractivity contribution < 1.29 is 0 Å². The average Bonchev–Trinajstić information content (AvgIpc) is 3.01. The van der Waals surface area contributed by atoms with Crippen LogP contribution in [0.25, 0.3) is 9.75 Å². The van der Waals surface area contributed by atoms with Gasteiger partial charge in [-0.2, -0.15) is 5.26 Å². The molecule has 0 saturated heterocycles. The molecule has 0 amide bonds. The minimum Gasteiger partial charge on any atom is -0.192 e. The van der Waals surface area contributed by atoms with Crippen molar-refractivity contribution in [3.63, 3.8) is 0 Å². The Morgan fingerprint density at radius 1 is 1.16 bits per heavy atom. The highest BCUT2D eigenvalue weighted by Gasteiger charge is 2.10. The molecule has 0 aliphatic carbocycles. The van der Waals surface area contributed by atoms with Gasteiger partial charge in [-0.25, -0.2) is 0 Å². The first-order valence-electron chi connectivity index (χ1n) is 6.53. The van der Waals surface area contributed by atoms with Gasteiger partial charge in [0.25, 0.3) is 0 Å². The van der Waals surface area contributed by atoms with Crippen LogP contribution in [0.3, 0.4) is 0 Å². The highest BCUT2D eigenvalue weighted by Crippen LogP contribution is 2.38. The summed E-state index contributed by atoms with van der Waals surface area (Å²) in [6.45, 7) is 2.24. The van der Waals surface area contributed by atoms with Crippen LogP contribution in [0.2, 0.25) is 0 Å². The van der Waals surface area contributed by atoms with Crippen LogP contribution in [-0.2, 0) is 6.42 Å². The van der Waals surface area contributed by atoms with Crippen molar-refractivity contribution in [1.29, 1.82) is 5.26 Å². The van der Waals surface area contributed by atoms with E-state index in [1.54, 1.807) is 22.7 Å². The number of rotatable bonds is 6. The van der Waals surface area contributed by atoms with Crippen LogP contribution >= 0.6 is 38.6 Å². The standard InChI is InChI=1S/C15H16BrNS2/c1-2-3-4-5-6-11-9-14(19-15(11)16)13-8-7-12(10-17)18-13/h7-9H,2-6H2,1H3. The third-order valence-corrected chi connectivity index (χ3v) is 6.16. The van der Waals surface area contributed by atoms with Gasteiger partial charge in [-0.3, -0.25) is 0 Å². The maximum absolute atomic E-state index is 8.88. The van der Waals surface area contributed by atoms with E-state index in [-0.39, 0.29) is 0 Å². The predicted molar refractivity (Wildman–Crippen MR) is 87.9 cm³/mol. The third kappa shape index (κ3) is 3.92. The first-order valence-corrected chi connectivity index (χ1v) is 8.95. The van der Waals surface area contributed by atoms with Crippen molar-refractivity contribution in [2.75, 3.05) is 0 Å². The second kappa shape index (κ2) is 7.23. The summed E-state index contributed by atoms with van der Waals surface area (Å²) in [6, 6.07) is 8.41. The van der Waals surface area contributed by atoms with Crippen LogP contribution in [0.4, 0.5) is 0 Å². The summed E-state index contributed by atoms with van der Waals surface area (Å²) < 4.78 is 1.24. The first kappa shape index (κ1) is 14.8. The van der Waals surface area contributed by atoms with Crippen LogP contribution in [0, 0.1) is 11.3 Å². The molecule has 0 spiro atoms. The molecule has 0 saturated carbocycles. The van der Waals surface area contributed by atoms with Gasteiger partial charge in [0, 0.05) is 9.75 Å². The molecule has 0 radical (unpaired) electrons. The van der Waals surface area contributed by atoms with Crippen molar-refractivity contribution in [3.8, 4) is 15.8 Å². The maximum Gasteiger partial charge on any atom is 0.110 e. The lowest BCUT2D eigenvalue weighted by Gasteiger charge is -1.98. The summed E-state index contributed by atoms with van der Waals surface area (Å²) in [4.78, 5) is 3.25. The summed E-state index contributed by atoms with van der Waals surface area (Å²) in [5.41, 5.74) is 1.41. The van der Waals surface area contributed by atoms with Gasteiger partial charge >= 0.3 is 0 Å². The maximum atomic E-state index is 8.88. The summed E-state index contributed by atoms with van der Waals surface area (Å²) in [6.07, 6.45) is 6.32. The smallest absolute Gasteiger partial charge is 0.110 e. The number of thiophene rings is 2. The highest BCUT2D eigenvalue weighted by atomic mass is 79.9. The number of halogens is 1. The molecule has 0 unspecified atom stereocenters. The Balaban J connectivity index is 2.06. The van der Waals surface area contributed by atoms with Gasteiger partial charge in [0.15, 0.2) is 0 Å². The Morgan fingerprint density at radius 2 is 2.00 bits per heavy atom. The molecule has 0 aromatic carbocycles. The number of nitrogens with zero attached hydrogens (tertiary/aromatic N) is 1. The fourth-order valence-corrected chi connectivity index (χ4v) is 4.63. The topological polar surface area (TPSA) is 23.8 Å². The monoisotopic (exact) mass is 353 g/mol. The second-order valence-corrected chi connectivity index (χ2v) is 7.95. The fourth-order valence-electron chi connectivity index (χ4n) is 1.97. The zero-order valence-corrected chi connectivity index (χ0v) is 14.1. The number of hydrogen-bond donors (Lipinski definition) is 0. The Hall–Kier alpha value is -0.630. The minimum atomic E-state index is 0.781. The predicted octanol–water partition coefficient (Wildman–Crippen LogP) is 6.23. The number of nitriles is 1. The van der Waals surface area contributed by atoms with Gasteiger partial charge in [0.2, 0.25) is 0 Å². The van der Waals surface area contributed by atoms with Crippen LogP contribution in [0.5, 0.6) is 0 Å². The second-order valence-electron chi connectivity index (χ2n) is 4.50. The molecule has 0 bridgehead atoms. The zero-order chi connectivity index (χ0) is 13.7. The van der Waals surface area contributed by atoms with Crippen LogP contribution in [-0.4, -0.2) is 0 Å². The molecule has 2 aromatic rings. The SMILES string of the molecule is CCCCCCc1cc(-c2ccc(C#N)s2)sc1Br. The zero-order valence-electron chi connectivity index (χ0n) is 10.9. The molecule has 0 aliphatic heterocycles. The van der Waals surface area contributed by atoms with Crippen molar-refractivity contribution in [1.82, 2.24) is 0 Å². The molecule has 0 aliphatic rings. The molecule has 2 aromatic heterocycles. The van der Waals surface area contributed by atoms with Gasteiger partial charge in [-0.15, -0.1) is 22.7 Å². The molecule has 0 atom stereocenters. The van der Waals surface area contributed by atoms with Crippen LogP contribution in [0.15, 0.2) is 22.0 Å². The molecule has 1 nitrogen and oxygen atoms in total. The molecular weight excluding hydrogens is 338 g/mol. The van der Waals surface area contributed by atoms with E-state index in [2.05, 4.69) is 35.0 Å². The molecule has 2 rings (SSSR count). The van der Waals surface area contributed by atoms with Gasteiger partial charge < -0.3 is 0 Å². The Labute approximate surface area is 131 Å². The normalized spacial score (nSPS) is 10.6. The summed E-state index contributed by atoms with van der Waals surface area (Å²) in [5, 5.41) is 8.88. The van der Waals surface area contributed by atoms with Crippen molar-refractivity contribution in [3.05, 3.63) is 32.4 Å². The molecule has 0 fully saturated rings. The van der Waals surface area contributed by atoms with E-state index in [1.807, 2.05) is 12.1 Å². The van der Waals surface area contributed by atoms with Crippen molar-refractivity contribution in [2.24, 2.45) is 0 Å². The van der Waals surface area contributed by atoms with E-state index in [4.69, 9.17) is 5.26 Å². The van der Waals surface area contributed by atoms with E-state index in [1.165, 1.54) is 44.8 Å². The molecular formula is C15H16BrNS2. The lowest BCUT2D eigenvalue weighted by Crippen LogP contribution is -1.83. The average molecular weight is 354 g/mol. The highest BCUT2D eigenvalue weighted by molar-refractivity contribution is 9.11. The van der Waals surface area contributed by atoms with Gasteiger partial charge in [0.1, 0.15) is 10.9 Å². The minimum absolute atomic E-state index is 0.781. The van der Waals surface area contributed by atoms with Crippen molar-refractivity contribution >= 4 is 38.6 Å². The Kier molecular flexibility index (Phi) is 5.62. The Morgan fingerprint density at radius 3 is 2.68 bits per heavy atom. The molecule has 19 heavy (non-hydrogen) atoms. The van der Waals surface area contributed by atoms with Crippen molar-refractivity contribution in [2.45, 2.75) is 39.0 Å². The van der Waals surface area contributed by atoms with Gasteiger partial charge in [-0.05, 0) is 52.5 Å². The van der Waals surface area contributed by atoms with E-state index < -0.39 is 0 Å². The van der Waals surface area contributed by atoms with E-state index in [9.17, 15) is 0 Å². The molecule has 4 heteroatoms. The third-order valence-electron chi connectivity index (χ3n) is 3.02. The number of hydrogen-bond acceptors (Lipinski definition) is 3. The summed E-state index contributed by atoms with van der Waals surface area (Å²) >= 11 is 7.01. The molecule has 0 N–H and O–H groups in total. The first-order chi connectivity index (χ1) is 9.24. The van der Waals surface area contributed by atoms with Gasteiger partial charge in [0.05, 0.1) is 3.79 Å². The lowest BCUT2D eigenvalue weighted by atomic mass is 10.1. The lowest BCUT2D eigenvalue weighted by molar-refractivity contribution is 0.667. The largest absolute Gasteiger partial charge is 0.192 e. The van der Waals surface area contributed by atoms with E-state index >= 15 is 0 Å². The van der Waals surface area contributed by atoms with E-state index in [0.717, 1.165) is 11.3 Å². The quantitative estimate of drug-likeness (QED) is 0.564. The number of aryl methyl sites for hydroxylation is 1.